The number of halogens is 1. The van der Waals surface area contributed by atoms with Crippen LogP contribution in [0.4, 0.5) is 10.1 Å². The van der Waals surface area contributed by atoms with Crippen molar-refractivity contribution in [2.24, 2.45) is 5.92 Å². The van der Waals surface area contributed by atoms with Crippen LogP contribution < -0.4 is 9.64 Å². The SMILES string of the molecule is COc1ccc(N(C)C(=O)[C@H]2CC(=O)CC3=C(CCCc4cc(F)cc(c4)C2)Cc2ccccc23)cc1. The predicted octanol–water partition coefficient (Wildman–Crippen LogP) is 6.35. The van der Waals surface area contributed by atoms with E-state index in [-0.39, 0.29) is 23.9 Å². The molecule has 2 bridgehead atoms. The Morgan fingerprint density at radius 3 is 2.49 bits per heavy atom. The van der Waals surface area contributed by atoms with E-state index in [1.165, 1.54) is 17.2 Å². The quantitative estimate of drug-likeness (QED) is 0.424. The second kappa shape index (κ2) is 10.7. The zero-order valence-corrected chi connectivity index (χ0v) is 21.4. The molecule has 5 rings (SSSR count). The van der Waals surface area contributed by atoms with Gasteiger partial charge in [-0.25, -0.2) is 4.39 Å². The van der Waals surface area contributed by atoms with Gasteiger partial charge in [-0.3, -0.25) is 9.59 Å². The van der Waals surface area contributed by atoms with Crippen molar-refractivity contribution < 1.29 is 18.7 Å². The third kappa shape index (κ3) is 5.51. The Hall–Kier alpha value is -3.73. The fraction of sp³-hybridized carbons (Fsp3) is 0.312. The van der Waals surface area contributed by atoms with Crippen LogP contribution in [0, 0.1) is 11.7 Å². The summed E-state index contributed by atoms with van der Waals surface area (Å²) < 4.78 is 19.8. The highest BCUT2D eigenvalue weighted by Gasteiger charge is 2.29. The smallest absolute Gasteiger partial charge is 0.230 e. The van der Waals surface area contributed by atoms with Crippen molar-refractivity contribution in [3.05, 3.63) is 100 Å². The van der Waals surface area contributed by atoms with Crippen LogP contribution >= 0.6 is 0 Å². The molecular weight excluding hydrogens is 465 g/mol. The molecule has 2 aliphatic rings. The fourth-order valence-electron chi connectivity index (χ4n) is 5.72. The number of benzene rings is 3. The normalized spacial score (nSPS) is 17.7. The number of carbonyl (C=O) groups excluding carboxylic acids is 2. The Morgan fingerprint density at radius 1 is 0.946 bits per heavy atom. The molecule has 2 aliphatic carbocycles. The molecular formula is C32H32FNO3. The zero-order valence-electron chi connectivity index (χ0n) is 21.4. The van der Waals surface area contributed by atoms with Crippen molar-refractivity contribution in [2.75, 3.05) is 19.1 Å². The molecule has 0 heterocycles. The van der Waals surface area contributed by atoms with Crippen molar-refractivity contribution in [3.8, 4) is 5.75 Å². The molecule has 0 fully saturated rings. The average molecular weight is 498 g/mol. The van der Waals surface area contributed by atoms with Crippen LogP contribution in [0.1, 0.15) is 47.9 Å². The van der Waals surface area contributed by atoms with E-state index in [9.17, 15) is 14.0 Å². The minimum absolute atomic E-state index is 0.0431. The van der Waals surface area contributed by atoms with Crippen LogP contribution in [0.3, 0.4) is 0 Å². The summed E-state index contributed by atoms with van der Waals surface area (Å²) in [6, 6.07) is 20.6. The number of allylic oxidation sites excluding steroid dienone is 2. The number of ketones is 1. The molecule has 0 aromatic heterocycles. The number of Topliss-reactive ketones (excluding diaryl/α,β-unsaturated/α-hetero) is 1. The molecule has 0 saturated heterocycles. The van der Waals surface area contributed by atoms with Gasteiger partial charge >= 0.3 is 0 Å². The van der Waals surface area contributed by atoms with Gasteiger partial charge in [-0.05, 0) is 96.3 Å². The second-order valence-electron chi connectivity index (χ2n) is 10.2. The monoisotopic (exact) mass is 497 g/mol. The second-order valence-corrected chi connectivity index (χ2v) is 10.2. The first-order chi connectivity index (χ1) is 17.9. The average Bonchev–Trinajstić information content (AvgIpc) is 3.24. The third-order valence-corrected chi connectivity index (χ3v) is 7.60. The highest BCUT2D eigenvalue weighted by atomic mass is 19.1. The summed E-state index contributed by atoms with van der Waals surface area (Å²) in [5.74, 6) is -0.288. The molecule has 0 radical (unpaired) electrons. The molecule has 1 atom stereocenters. The molecule has 0 unspecified atom stereocenters. The van der Waals surface area contributed by atoms with Crippen LogP contribution in [-0.4, -0.2) is 25.8 Å². The van der Waals surface area contributed by atoms with Gasteiger partial charge in [-0.15, -0.1) is 0 Å². The van der Waals surface area contributed by atoms with E-state index in [0.717, 1.165) is 53.6 Å². The molecule has 0 aliphatic heterocycles. The van der Waals surface area contributed by atoms with E-state index in [1.54, 1.807) is 37.3 Å². The number of aryl methyl sites for hydroxylation is 1. The Labute approximate surface area is 217 Å². The lowest BCUT2D eigenvalue weighted by atomic mass is 9.89. The molecule has 3 aromatic rings. The lowest BCUT2D eigenvalue weighted by molar-refractivity contribution is -0.127. The predicted molar refractivity (Wildman–Crippen MR) is 144 cm³/mol. The zero-order chi connectivity index (χ0) is 25.9. The van der Waals surface area contributed by atoms with Crippen LogP contribution in [0.2, 0.25) is 0 Å². The standard InChI is InChI=1S/C32H32FNO3/c1-34(27-10-12-29(37-2)13-11-27)32(36)25-15-22-14-21(16-26(33)17-22)6-5-8-24-18-23-7-3-4-9-30(23)31(24)20-28(35)19-25/h3-4,7,9-14,16-17,25H,5-6,8,15,18-20H2,1-2H3/t25-/m1/s1. The first-order valence-corrected chi connectivity index (χ1v) is 12.9. The Bertz CT molecular complexity index is 1360. The molecule has 0 spiro atoms. The Kier molecular flexibility index (Phi) is 7.22. The summed E-state index contributed by atoms with van der Waals surface area (Å²) in [5, 5.41) is 0. The van der Waals surface area contributed by atoms with Gasteiger partial charge in [0.1, 0.15) is 17.3 Å². The molecule has 4 nitrogen and oxygen atoms in total. The van der Waals surface area contributed by atoms with Gasteiger partial charge < -0.3 is 9.64 Å². The van der Waals surface area contributed by atoms with Gasteiger partial charge in [0.15, 0.2) is 0 Å². The molecule has 3 aromatic carbocycles. The summed E-state index contributed by atoms with van der Waals surface area (Å²) >= 11 is 0. The number of carbonyl (C=O) groups is 2. The first-order valence-electron chi connectivity index (χ1n) is 12.9. The number of hydrogen-bond acceptors (Lipinski definition) is 3. The molecule has 190 valence electrons. The number of anilines is 1. The first kappa shape index (κ1) is 24.9. The maximum absolute atomic E-state index is 14.6. The van der Waals surface area contributed by atoms with E-state index < -0.39 is 5.92 Å². The van der Waals surface area contributed by atoms with Crippen molar-refractivity contribution >= 4 is 23.0 Å². The van der Waals surface area contributed by atoms with Crippen LogP contribution in [0.25, 0.3) is 5.57 Å². The molecule has 37 heavy (non-hydrogen) atoms. The summed E-state index contributed by atoms with van der Waals surface area (Å²) in [4.78, 5) is 28.8. The van der Waals surface area contributed by atoms with Gasteiger partial charge in [-0.2, -0.15) is 0 Å². The number of ether oxygens (including phenoxy) is 1. The molecule has 0 N–H and O–H groups in total. The number of rotatable bonds is 3. The van der Waals surface area contributed by atoms with Gasteiger partial charge in [0.05, 0.1) is 7.11 Å². The van der Waals surface area contributed by atoms with Gasteiger partial charge in [0.2, 0.25) is 5.91 Å². The summed E-state index contributed by atoms with van der Waals surface area (Å²) in [7, 11) is 3.32. The molecule has 0 saturated carbocycles. The number of fused-ring (bicyclic) bond motifs is 4. The van der Waals surface area contributed by atoms with Gasteiger partial charge in [-0.1, -0.05) is 35.9 Å². The Balaban J connectivity index is 1.47. The summed E-state index contributed by atoms with van der Waals surface area (Å²) in [6.45, 7) is 0. The van der Waals surface area contributed by atoms with Crippen molar-refractivity contribution in [1.29, 1.82) is 0 Å². The van der Waals surface area contributed by atoms with E-state index in [4.69, 9.17) is 4.74 Å². The minimum Gasteiger partial charge on any atom is -0.497 e. The molecule has 5 heteroatoms. The van der Waals surface area contributed by atoms with E-state index in [2.05, 4.69) is 12.1 Å². The van der Waals surface area contributed by atoms with Crippen LogP contribution in [-0.2, 0) is 28.9 Å². The van der Waals surface area contributed by atoms with Crippen LogP contribution in [0.15, 0.2) is 72.3 Å². The number of amides is 1. The van der Waals surface area contributed by atoms with E-state index in [0.29, 0.717) is 18.6 Å². The van der Waals surface area contributed by atoms with E-state index in [1.807, 2.05) is 30.3 Å². The van der Waals surface area contributed by atoms with Crippen molar-refractivity contribution in [3.63, 3.8) is 0 Å². The lowest BCUT2D eigenvalue weighted by Crippen LogP contribution is -2.35. The number of nitrogens with zero attached hydrogens (tertiary/aromatic N) is 1. The van der Waals surface area contributed by atoms with Gasteiger partial charge in [0, 0.05) is 31.5 Å². The maximum atomic E-state index is 14.6. The molecule has 1 amide bonds. The Morgan fingerprint density at radius 2 is 1.70 bits per heavy atom. The van der Waals surface area contributed by atoms with Crippen LogP contribution in [0.5, 0.6) is 5.75 Å². The highest BCUT2D eigenvalue weighted by Crippen LogP contribution is 2.38. The largest absolute Gasteiger partial charge is 0.497 e. The fourth-order valence-corrected chi connectivity index (χ4v) is 5.72. The number of hydrogen-bond donors (Lipinski definition) is 0. The van der Waals surface area contributed by atoms with Crippen molar-refractivity contribution in [1.82, 2.24) is 0 Å². The summed E-state index contributed by atoms with van der Waals surface area (Å²) in [6.07, 6.45) is 4.15. The summed E-state index contributed by atoms with van der Waals surface area (Å²) in [5.41, 5.74) is 7.24. The van der Waals surface area contributed by atoms with Crippen molar-refractivity contribution in [2.45, 2.75) is 44.9 Å². The lowest BCUT2D eigenvalue weighted by Gasteiger charge is -2.24. The van der Waals surface area contributed by atoms with E-state index >= 15 is 0 Å². The third-order valence-electron chi connectivity index (χ3n) is 7.60. The topological polar surface area (TPSA) is 46.6 Å². The maximum Gasteiger partial charge on any atom is 0.230 e. The highest BCUT2D eigenvalue weighted by molar-refractivity contribution is 5.99. The number of methoxy groups -OCH3 is 1. The van der Waals surface area contributed by atoms with Gasteiger partial charge in [0.25, 0.3) is 0 Å². The minimum atomic E-state index is -0.587.